The summed E-state index contributed by atoms with van der Waals surface area (Å²) in [7, 11) is -6.33. The Kier molecular flexibility index (Phi) is 18.4. The van der Waals surface area contributed by atoms with Gasteiger partial charge in [0.25, 0.3) is 0 Å². The summed E-state index contributed by atoms with van der Waals surface area (Å²) in [5.41, 5.74) is 0. The Balaban J connectivity index is 3.71. The molecule has 0 spiro atoms. The van der Waals surface area contributed by atoms with Crippen LogP contribution in [0.4, 0.5) is 9.59 Å². The van der Waals surface area contributed by atoms with Crippen LogP contribution in [0.5, 0.6) is 0 Å². The zero-order chi connectivity index (χ0) is 25.0. The molecule has 0 aliphatic rings. The summed E-state index contributed by atoms with van der Waals surface area (Å²) < 4.78 is 50.8. The maximum Gasteiger partial charge on any atom is 0.474 e. The van der Waals surface area contributed by atoms with E-state index in [1.807, 2.05) is 0 Å². The van der Waals surface area contributed by atoms with E-state index in [2.05, 4.69) is 29.2 Å². The van der Waals surface area contributed by atoms with Crippen LogP contribution in [0.2, 0.25) is 0 Å². The van der Waals surface area contributed by atoms with Gasteiger partial charge in [-0.2, -0.15) is 0 Å². The van der Waals surface area contributed by atoms with E-state index in [9.17, 15) is 28.5 Å². The van der Waals surface area contributed by atoms with Gasteiger partial charge in [-0.05, 0) is 25.7 Å². The fraction of sp³-hybridized carbons (Fsp3) is 0.882. The van der Waals surface area contributed by atoms with Crippen LogP contribution in [-0.4, -0.2) is 69.3 Å². The van der Waals surface area contributed by atoms with Crippen molar-refractivity contribution in [1.82, 2.24) is 10.6 Å². The second-order valence-corrected chi connectivity index (χ2v) is 9.55. The highest BCUT2D eigenvalue weighted by Crippen LogP contribution is 2.47. The Morgan fingerprint density at radius 1 is 0.636 bits per heavy atom. The van der Waals surface area contributed by atoms with Crippen LogP contribution in [0.15, 0.2) is 0 Å². The molecule has 0 aromatic rings. The fourth-order valence-corrected chi connectivity index (χ4v) is 3.60. The molecule has 0 bridgehead atoms. The minimum atomic E-state index is -4.44. The molecule has 4 N–H and O–H groups in total. The number of hydrogen-bond acceptors (Lipinski definition) is 10. The number of phosphoric acid groups is 2. The van der Waals surface area contributed by atoms with Crippen LogP contribution in [0, 0.1) is 0 Å². The van der Waals surface area contributed by atoms with Crippen molar-refractivity contribution in [2.24, 2.45) is 0 Å². The van der Waals surface area contributed by atoms with Gasteiger partial charge in [-0.25, -0.2) is 18.7 Å². The number of rotatable bonds is 20. The van der Waals surface area contributed by atoms with Gasteiger partial charge in [-0.3, -0.25) is 18.1 Å². The first-order valence-corrected chi connectivity index (χ1v) is 13.5. The van der Waals surface area contributed by atoms with Gasteiger partial charge in [-0.1, -0.05) is 25.7 Å². The Morgan fingerprint density at radius 2 is 1.00 bits per heavy atom. The van der Waals surface area contributed by atoms with Gasteiger partial charge in [0.15, 0.2) is 6.79 Å². The zero-order valence-electron chi connectivity index (χ0n) is 19.1. The SMILES string of the molecule is COC(=O)NCCCCCCOP(=O)(O)OCOP(=O)(O)OCCCCCCNC(=O)OC. The number of amides is 2. The number of methoxy groups -OCH3 is 2. The Hall–Kier alpha value is -1.24. The molecule has 2 atom stereocenters. The quantitative estimate of drug-likeness (QED) is 0.104. The maximum absolute atomic E-state index is 11.7. The number of nitrogens with one attached hydrogen (secondary N) is 2. The standard InChI is InChI=1S/C17H36N2O12P2/c1-26-16(20)18-11-7-3-5-9-13-28-32(22,23)30-15-31-33(24,25)29-14-10-6-4-8-12-19-17(21)27-2/h3-15H2,1-2H3,(H,18,20)(H,19,21)(H,22,23)(H,24,25). The Morgan fingerprint density at radius 3 is 1.36 bits per heavy atom. The highest BCUT2D eigenvalue weighted by Gasteiger charge is 2.26. The first-order chi connectivity index (χ1) is 15.6. The third-order valence-corrected chi connectivity index (χ3v) is 5.87. The Labute approximate surface area is 193 Å². The third-order valence-electron chi connectivity index (χ3n) is 3.99. The summed E-state index contributed by atoms with van der Waals surface area (Å²) in [6, 6.07) is 0. The van der Waals surface area contributed by atoms with Crippen molar-refractivity contribution in [3.8, 4) is 0 Å². The predicted molar refractivity (Wildman–Crippen MR) is 116 cm³/mol. The van der Waals surface area contributed by atoms with Crippen molar-refractivity contribution in [2.75, 3.05) is 47.3 Å². The maximum atomic E-state index is 11.7. The number of phosphoric ester groups is 2. The Bertz CT molecular complexity index is 585. The van der Waals surface area contributed by atoms with Gasteiger partial charge in [0, 0.05) is 13.1 Å². The summed E-state index contributed by atoms with van der Waals surface area (Å²) in [6.45, 7) is -0.143. The van der Waals surface area contributed by atoms with Crippen LogP contribution >= 0.6 is 15.6 Å². The molecule has 196 valence electrons. The molecular weight excluding hydrogens is 486 g/mol. The van der Waals surface area contributed by atoms with Crippen molar-refractivity contribution in [3.63, 3.8) is 0 Å². The zero-order valence-corrected chi connectivity index (χ0v) is 20.9. The molecule has 0 saturated carbocycles. The lowest BCUT2D eigenvalue weighted by atomic mass is 10.2. The van der Waals surface area contributed by atoms with Crippen molar-refractivity contribution in [2.45, 2.75) is 51.4 Å². The number of ether oxygens (including phenoxy) is 2. The summed E-state index contributed by atoms with van der Waals surface area (Å²) in [4.78, 5) is 40.8. The van der Waals surface area contributed by atoms with Gasteiger partial charge in [-0.15, -0.1) is 0 Å². The van der Waals surface area contributed by atoms with Gasteiger partial charge in [0.1, 0.15) is 0 Å². The van der Waals surface area contributed by atoms with Gasteiger partial charge < -0.3 is 29.9 Å². The molecule has 2 unspecified atom stereocenters. The van der Waals surface area contributed by atoms with Crippen LogP contribution in [0.3, 0.4) is 0 Å². The van der Waals surface area contributed by atoms with E-state index in [-0.39, 0.29) is 13.2 Å². The van der Waals surface area contributed by atoms with Crippen molar-refractivity contribution in [3.05, 3.63) is 0 Å². The third kappa shape index (κ3) is 21.1. The molecule has 0 rings (SSSR count). The largest absolute Gasteiger partial charge is 0.474 e. The molecule has 14 nitrogen and oxygen atoms in total. The molecule has 0 aromatic heterocycles. The topological polar surface area (TPSA) is 188 Å². The first kappa shape index (κ1) is 31.8. The summed E-state index contributed by atoms with van der Waals surface area (Å²) in [5.74, 6) is 0. The first-order valence-electron chi connectivity index (χ1n) is 10.5. The molecule has 0 heterocycles. The van der Waals surface area contributed by atoms with E-state index in [4.69, 9.17) is 9.05 Å². The molecular formula is C17H36N2O12P2. The predicted octanol–water partition coefficient (Wildman–Crippen LogP) is 3.04. The van der Waals surface area contributed by atoms with Crippen molar-refractivity contribution < 1.29 is 56.1 Å². The molecule has 0 aliphatic heterocycles. The van der Waals surface area contributed by atoms with E-state index >= 15 is 0 Å². The second kappa shape index (κ2) is 19.1. The molecule has 33 heavy (non-hydrogen) atoms. The summed E-state index contributed by atoms with van der Waals surface area (Å²) >= 11 is 0. The summed E-state index contributed by atoms with van der Waals surface area (Å²) in [6.07, 6.45) is 4.31. The second-order valence-electron chi connectivity index (χ2n) is 6.64. The van der Waals surface area contributed by atoms with Gasteiger partial charge in [0.05, 0.1) is 27.4 Å². The van der Waals surface area contributed by atoms with E-state index in [0.717, 1.165) is 12.8 Å². The lowest BCUT2D eigenvalue weighted by molar-refractivity contribution is 0.0372. The van der Waals surface area contributed by atoms with Crippen LogP contribution in [-0.2, 0) is 36.7 Å². The lowest BCUT2D eigenvalue weighted by Crippen LogP contribution is -2.23. The van der Waals surface area contributed by atoms with Crippen LogP contribution in [0.1, 0.15) is 51.4 Å². The average Bonchev–Trinajstić information content (AvgIpc) is 2.76. The molecule has 16 heteroatoms. The molecule has 0 fully saturated rings. The van der Waals surface area contributed by atoms with Crippen molar-refractivity contribution >= 4 is 27.8 Å². The lowest BCUT2D eigenvalue weighted by Gasteiger charge is -2.15. The number of carbonyl (C=O) groups excluding carboxylic acids is 2. The molecule has 0 radical (unpaired) electrons. The number of alkyl carbamates (subject to hydrolysis) is 2. The van der Waals surface area contributed by atoms with Crippen LogP contribution in [0.25, 0.3) is 0 Å². The normalized spacial score (nSPS) is 14.7. The van der Waals surface area contributed by atoms with E-state index in [1.54, 1.807) is 0 Å². The fourth-order valence-electron chi connectivity index (χ4n) is 2.28. The number of unbranched alkanes of at least 4 members (excludes halogenated alkanes) is 6. The summed E-state index contributed by atoms with van der Waals surface area (Å²) in [5, 5.41) is 5.07. The van der Waals surface area contributed by atoms with Gasteiger partial charge in [0.2, 0.25) is 0 Å². The van der Waals surface area contributed by atoms with E-state index < -0.39 is 34.6 Å². The molecule has 0 saturated heterocycles. The van der Waals surface area contributed by atoms with Crippen LogP contribution < -0.4 is 10.6 Å². The molecule has 2 amide bonds. The minimum Gasteiger partial charge on any atom is -0.453 e. The smallest absolute Gasteiger partial charge is 0.453 e. The average molecular weight is 522 g/mol. The minimum absolute atomic E-state index is 0.0549. The number of carbonyl (C=O) groups is 2. The molecule has 0 aromatic carbocycles. The number of hydrogen-bond donors (Lipinski definition) is 4. The van der Waals surface area contributed by atoms with Gasteiger partial charge >= 0.3 is 27.8 Å². The molecule has 0 aliphatic carbocycles. The van der Waals surface area contributed by atoms with Crippen molar-refractivity contribution in [1.29, 1.82) is 0 Å². The van der Waals surface area contributed by atoms with E-state index in [1.165, 1.54) is 14.2 Å². The van der Waals surface area contributed by atoms with E-state index in [0.29, 0.717) is 51.6 Å². The highest BCUT2D eigenvalue weighted by molar-refractivity contribution is 7.48. The monoisotopic (exact) mass is 522 g/mol. The highest BCUT2D eigenvalue weighted by atomic mass is 31.2.